The summed E-state index contributed by atoms with van der Waals surface area (Å²) in [5.41, 5.74) is 1.26. The summed E-state index contributed by atoms with van der Waals surface area (Å²) in [5, 5.41) is 0. The molecule has 2 atom stereocenters. The third kappa shape index (κ3) is 4.60. The molecule has 0 radical (unpaired) electrons. The van der Waals surface area contributed by atoms with Crippen molar-refractivity contribution in [1.82, 2.24) is 0 Å². The predicted molar refractivity (Wildman–Crippen MR) is 107 cm³/mol. The average molecular weight is 390 g/mol. The Morgan fingerprint density at radius 2 is 1.71 bits per heavy atom. The first-order chi connectivity index (χ1) is 13.5. The molecule has 2 aromatic carbocycles. The van der Waals surface area contributed by atoms with Crippen molar-refractivity contribution in [3.05, 3.63) is 58.9 Å². The van der Waals surface area contributed by atoms with Crippen molar-refractivity contribution >= 4 is 0 Å². The summed E-state index contributed by atoms with van der Waals surface area (Å²) >= 11 is 0. The molecule has 152 valence electrons. The van der Waals surface area contributed by atoms with E-state index in [-0.39, 0.29) is 23.1 Å². The van der Waals surface area contributed by atoms with E-state index in [2.05, 4.69) is 6.92 Å². The number of rotatable bonds is 7. The summed E-state index contributed by atoms with van der Waals surface area (Å²) in [6, 6.07) is 7.82. The van der Waals surface area contributed by atoms with Gasteiger partial charge in [0.15, 0.2) is 11.6 Å². The van der Waals surface area contributed by atoms with Gasteiger partial charge in [0.2, 0.25) is 0 Å². The average Bonchev–Trinajstić information content (AvgIpc) is 2.70. The second kappa shape index (κ2) is 9.60. The Hall–Kier alpha value is -1.81. The van der Waals surface area contributed by atoms with Crippen LogP contribution in [0.25, 0.3) is 11.1 Å². The summed E-state index contributed by atoms with van der Waals surface area (Å²) in [7, 11) is 0. The number of ether oxygens (including phenoxy) is 1. The summed E-state index contributed by atoms with van der Waals surface area (Å²) in [6.45, 7) is 4.57. The van der Waals surface area contributed by atoms with Crippen molar-refractivity contribution in [1.29, 1.82) is 0 Å². The van der Waals surface area contributed by atoms with E-state index in [0.717, 1.165) is 50.5 Å². The van der Waals surface area contributed by atoms with E-state index in [1.54, 1.807) is 18.2 Å². The zero-order valence-corrected chi connectivity index (χ0v) is 16.7. The van der Waals surface area contributed by atoms with Gasteiger partial charge in [-0.3, -0.25) is 0 Å². The molecule has 1 fully saturated rings. The summed E-state index contributed by atoms with van der Waals surface area (Å²) in [5.74, 6) is -2.53. The molecule has 3 rings (SSSR count). The second-order valence-corrected chi connectivity index (χ2v) is 7.77. The number of hydrogen-bond acceptors (Lipinski definition) is 1. The molecule has 1 heterocycles. The Balaban J connectivity index is 1.79. The van der Waals surface area contributed by atoms with Crippen LogP contribution in [0.4, 0.5) is 13.2 Å². The minimum atomic E-state index is -0.979. The number of hydrogen-bond donors (Lipinski definition) is 0. The van der Waals surface area contributed by atoms with Crippen LogP contribution in [0.2, 0.25) is 0 Å². The van der Waals surface area contributed by atoms with Gasteiger partial charge >= 0.3 is 0 Å². The Morgan fingerprint density at radius 3 is 2.36 bits per heavy atom. The number of unbranched alkanes of at least 4 members (excludes halogenated alkanes) is 1. The van der Waals surface area contributed by atoms with E-state index in [1.165, 1.54) is 12.1 Å². The van der Waals surface area contributed by atoms with E-state index in [0.29, 0.717) is 12.2 Å². The summed E-state index contributed by atoms with van der Waals surface area (Å²) < 4.78 is 49.9. The molecule has 0 bridgehead atoms. The van der Waals surface area contributed by atoms with Crippen LogP contribution in [0, 0.1) is 17.5 Å². The van der Waals surface area contributed by atoms with Crippen LogP contribution in [0.3, 0.4) is 0 Å². The summed E-state index contributed by atoms with van der Waals surface area (Å²) in [6.07, 6.45) is 6.79. The molecular weight excluding hydrogens is 361 g/mol. The van der Waals surface area contributed by atoms with Gasteiger partial charge in [-0.15, -0.1) is 0 Å². The molecule has 0 aliphatic carbocycles. The van der Waals surface area contributed by atoms with Crippen molar-refractivity contribution in [3.63, 3.8) is 0 Å². The Morgan fingerprint density at radius 1 is 0.929 bits per heavy atom. The SMILES string of the molecule is CCCCC1CCC(c2ccc(-c3ccc(CCC)cc3F)c(F)c2F)CO1. The lowest BCUT2D eigenvalue weighted by atomic mass is 9.88. The molecule has 0 saturated carbocycles. The van der Waals surface area contributed by atoms with E-state index in [4.69, 9.17) is 4.74 Å². The highest BCUT2D eigenvalue weighted by atomic mass is 19.2. The molecule has 4 heteroatoms. The third-order valence-electron chi connectivity index (χ3n) is 5.66. The molecule has 2 unspecified atom stereocenters. The standard InChI is InChI=1S/C24H29F3O/c1-3-5-7-18-10-9-17(15-28-18)19-12-13-21(24(27)23(19)26)20-11-8-16(6-4-2)14-22(20)25/h8,11-14,17-18H,3-7,9-10,15H2,1-2H3. The zero-order chi connectivity index (χ0) is 20.1. The van der Waals surface area contributed by atoms with Gasteiger partial charge in [-0.25, -0.2) is 13.2 Å². The molecule has 2 aromatic rings. The van der Waals surface area contributed by atoms with Gasteiger partial charge in [0.1, 0.15) is 5.82 Å². The van der Waals surface area contributed by atoms with Crippen molar-refractivity contribution < 1.29 is 17.9 Å². The first-order valence-corrected chi connectivity index (χ1v) is 10.4. The Kier molecular flexibility index (Phi) is 7.17. The van der Waals surface area contributed by atoms with Crippen molar-refractivity contribution in [2.75, 3.05) is 6.61 Å². The summed E-state index contributed by atoms with van der Waals surface area (Å²) in [4.78, 5) is 0. The fraction of sp³-hybridized carbons (Fsp3) is 0.500. The van der Waals surface area contributed by atoms with Gasteiger partial charge in [0.25, 0.3) is 0 Å². The van der Waals surface area contributed by atoms with Crippen molar-refractivity contribution in [2.24, 2.45) is 0 Å². The van der Waals surface area contributed by atoms with Gasteiger partial charge in [-0.1, -0.05) is 57.4 Å². The quantitative estimate of drug-likeness (QED) is 0.487. The highest BCUT2D eigenvalue weighted by molar-refractivity contribution is 5.66. The molecule has 0 N–H and O–H groups in total. The predicted octanol–water partition coefficient (Wildman–Crippen LogP) is 7.18. The van der Waals surface area contributed by atoms with Crippen LogP contribution in [0.15, 0.2) is 30.3 Å². The van der Waals surface area contributed by atoms with Crippen LogP contribution in [-0.4, -0.2) is 12.7 Å². The maximum atomic E-state index is 14.8. The minimum Gasteiger partial charge on any atom is -0.378 e. The maximum absolute atomic E-state index is 14.8. The van der Waals surface area contributed by atoms with Gasteiger partial charge in [-0.2, -0.15) is 0 Å². The number of benzene rings is 2. The normalized spacial score (nSPS) is 19.8. The molecule has 0 spiro atoms. The second-order valence-electron chi connectivity index (χ2n) is 7.77. The smallest absolute Gasteiger partial charge is 0.167 e. The zero-order valence-electron chi connectivity index (χ0n) is 16.7. The maximum Gasteiger partial charge on any atom is 0.167 e. The van der Waals surface area contributed by atoms with Crippen LogP contribution in [0.5, 0.6) is 0 Å². The largest absolute Gasteiger partial charge is 0.378 e. The highest BCUT2D eigenvalue weighted by Gasteiger charge is 2.27. The molecule has 28 heavy (non-hydrogen) atoms. The first kappa shape index (κ1) is 20.9. The van der Waals surface area contributed by atoms with Gasteiger partial charge < -0.3 is 4.74 Å². The van der Waals surface area contributed by atoms with E-state index in [9.17, 15) is 13.2 Å². The Labute approximate surface area is 165 Å². The van der Waals surface area contributed by atoms with Gasteiger partial charge in [0, 0.05) is 17.0 Å². The molecule has 1 aliphatic rings. The Bertz CT molecular complexity index is 795. The monoisotopic (exact) mass is 390 g/mol. The first-order valence-electron chi connectivity index (χ1n) is 10.4. The number of aryl methyl sites for hydroxylation is 1. The lowest BCUT2D eigenvalue weighted by Crippen LogP contribution is -2.25. The molecule has 0 amide bonds. The minimum absolute atomic E-state index is 0.0284. The topological polar surface area (TPSA) is 9.23 Å². The molecule has 1 aliphatic heterocycles. The van der Waals surface area contributed by atoms with E-state index in [1.807, 2.05) is 6.92 Å². The van der Waals surface area contributed by atoms with Crippen LogP contribution < -0.4 is 0 Å². The van der Waals surface area contributed by atoms with Crippen LogP contribution >= 0.6 is 0 Å². The molecule has 1 saturated heterocycles. The van der Waals surface area contributed by atoms with Crippen molar-refractivity contribution in [3.8, 4) is 11.1 Å². The van der Waals surface area contributed by atoms with Gasteiger partial charge in [-0.05, 0) is 42.9 Å². The van der Waals surface area contributed by atoms with Crippen molar-refractivity contribution in [2.45, 2.75) is 70.8 Å². The third-order valence-corrected chi connectivity index (χ3v) is 5.66. The molecular formula is C24H29F3O. The van der Waals surface area contributed by atoms with Crippen LogP contribution in [0.1, 0.15) is 69.4 Å². The highest BCUT2D eigenvalue weighted by Crippen LogP contribution is 2.35. The van der Waals surface area contributed by atoms with Crippen LogP contribution in [-0.2, 0) is 11.2 Å². The lowest BCUT2D eigenvalue weighted by molar-refractivity contribution is -0.00258. The van der Waals surface area contributed by atoms with E-state index >= 15 is 0 Å². The molecule has 0 aromatic heterocycles. The van der Waals surface area contributed by atoms with Gasteiger partial charge in [0.05, 0.1) is 12.7 Å². The fourth-order valence-electron chi connectivity index (χ4n) is 4.02. The lowest BCUT2D eigenvalue weighted by Gasteiger charge is -2.29. The molecule has 1 nitrogen and oxygen atoms in total. The number of halogens is 3. The fourth-order valence-corrected chi connectivity index (χ4v) is 4.02. The van der Waals surface area contributed by atoms with E-state index < -0.39 is 17.5 Å².